The fourth-order valence-electron chi connectivity index (χ4n) is 2.04. The quantitative estimate of drug-likeness (QED) is 0.711. The molecule has 1 fully saturated rings. The molecule has 0 aromatic heterocycles. The van der Waals surface area contributed by atoms with E-state index in [1.165, 1.54) is 24.7 Å². The molecule has 1 aromatic rings. The molecule has 1 unspecified atom stereocenters. The summed E-state index contributed by atoms with van der Waals surface area (Å²) in [5.41, 5.74) is 0.201. The van der Waals surface area contributed by atoms with Crippen LogP contribution < -0.4 is 15.4 Å². The predicted octanol–water partition coefficient (Wildman–Crippen LogP) is 1.26. The van der Waals surface area contributed by atoms with E-state index >= 15 is 0 Å². The van der Waals surface area contributed by atoms with E-state index in [-0.39, 0.29) is 5.69 Å². The minimum atomic E-state index is -3.55. The molecular weight excluding hydrogens is 314 g/mol. The van der Waals surface area contributed by atoms with Gasteiger partial charge in [-0.2, -0.15) is 4.72 Å². The Morgan fingerprint density at radius 1 is 1.27 bits per heavy atom. The fourth-order valence-corrected chi connectivity index (χ4v) is 3.58. The molecule has 0 bridgehead atoms. The van der Waals surface area contributed by atoms with E-state index in [9.17, 15) is 17.2 Å². The normalized spacial score (nSPS) is 24.1. The minimum Gasteiger partial charge on any atom is -0.350 e. The van der Waals surface area contributed by atoms with Crippen molar-refractivity contribution in [3.8, 4) is 0 Å². The standard InChI is InChI=1S/C13H14F2N4O2S/c14-11-4-1-9(7-12(11)15)18-13(8-16-5-6-17-13)19-22(20,21)10-2-3-10/h1,4-8,10,17-19H,2-3H2. The molecule has 0 radical (unpaired) electrons. The summed E-state index contributed by atoms with van der Waals surface area (Å²) in [7, 11) is -3.55. The van der Waals surface area contributed by atoms with Gasteiger partial charge in [0, 0.05) is 24.2 Å². The van der Waals surface area contributed by atoms with Crippen LogP contribution in [0.3, 0.4) is 0 Å². The fraction of sp³-hybridized carbons (Fsp3) is 0.308. The Balaban J connectivity index is 1.87. The third-order valence-electron chi connectivity index (χ3n) is 3.27. The molecule has 2 aliphatic rings. The predicted molar refractivity (Wildman–Crippen MR) is 78.6 cm³/mol. The molecule has 1 aliphatic carbocycles. The highest BCUT2D eigenvalue weighted by molar-refractivity contribution is 7.90. The summed E-state index contributed by atoms with van der Waals surface area (Å²) in [6, 6.07) is 3.20. The molecule has 1 aromatic carbocycles. The molecule has 1 heterocycles. The Labute approximate surface area is 126 Å². The number of nitrogens with one attached hydrogen (secondary N) is 3. The second kappa shape index (κ2) is 5.33. The molecule has 0 amide bonds. The lowest BCUT2D eigenvalue weighted by molar-refractivity contribution is 0.493. The molecule has 3 N–H and O–H groups in total. The average molecular weight is 328 g/mol. The molecule has 22 heavy (non-hydrogen) atoms. The van der Waals surface area contributed by atoms with Crippen LogP contribution in [0, 0.1) is 11.6 Å². The number of aliphatic imine (C=N–C) groups is 1. The number of nitrogens with zero attached hydrogens (tertiary/aromatic N) is 1. The van der Waals surface area contributed by atoms with E-state index in [0.717, 1.165) is 12.1 Å². The maximum atomic E-state index is 13.3. The topological polar surface area (TPSA) is 82.6 Å². The van der Waals surface area contributed by atoms with Crippen molar-refractivity contribution in [2.24, 2.45) is 4.99 Å². The molecule has 6 nitrogen and oxygen atoms in total. The maximum absolute atomic E-state index is 13.3. The summed E-state index contributed by atoms with van der Waals surface area (Å²) in [6.07, 6.45) is 5.40. The molecule has 0 saturated heterocycles. The van der Waals surface area contributed by atoms with Gasteiger partial charge >= 0.3 is 0 Å². The average Bonchev–Trinajstić information content (AvgIpc) is 3.28. The van der Waals surface area contributed by atoms with E-state index < -0.39 is 32.7 Å². The number of hydrogen-bond donors (Lipinski definition) is 3. The van der Waals surface area contributed by atoms with Gasteiger partial charge in [-0.25, -0.2) is 17.2 Å². The largest absolute Gasteiger partial charge is 0.350 e. The van der Waals surface area contributed by atoms with E-state index in [1.807, 2.05) is 0 Å². The maximum Gasteiger partial charge on any atom is 0.218 e. The lowest BCUT2D eigenvalue weighted by atomic mass is 10.2. The van der Waals surface area contributed by atoms with E-state index in [4.69, 9.17) is 0 Å². The van der Waals surface area contributed by atoms with Crippen LogP contribution in [-0.4, -0.2) is 25.7 Å². The van der Waals surface area contributed by atoms with Crippen LogP contribution >= 0.6 is 0 Å². The van der Waals surface area contributed by atoms with Gasteiger partial charge in [-0.3, -0.25) is 4.99 Å². The Bertz CT molecular complexity index is 746. The Kier molecular flexibility index (Phi) is 3.61. The highest BCUT2D eigenvalue weighted by Gasteiger charge is 2.42. The zero-order valence-electron chi connectivity index (χ0n) is 11.4. The SMILES string of the molecule is O=S(=O)(NC1(Nc2ccc(F)c(F)c2)C=NC=CN1)C1CC1. The highest BCUT2D eigenvalue weighted by atomic mass is 32.2. The first-order valence-electron chi connectivity index (χ1n) is 6.63. The molecule has 1 saturated carbocycles. The number of rotatable bonds is 5. The first-order chi connectivity index (χ1) is 10.4. The van der Waals surface area contributed by atoms with Crippen molar-refractivity contribution >= 4 is 21.9 Å². The van der Waals surface area contributed by atoms with Crippen molar-refractivity contribution in [3.05, 3.63) is 42.2 Å². The summed E-state index contributed by atoms with van der Waals surface area (Å²) < 4.78 is 53.1. The number of halogens is 2. The van der Waals surface area contributed by atoms with E-state index in [0.29, 0.717) is 12.8 Å². The van der Waals surface area contributed by atoms with Crippen LogP contribution in [0.15, 0.2) is 35.6 Å². The van der Waals surface area contributed by atoms with E-state index in [1.54, 1.807) is 0 Å². The van der Waals surface area contributed by atoms with Crippen LogP contribution in [0.1, 0.15) is 12.8 Å². The lowest BCUT2D eigenvalue weighted by Gasteiger charge is -2.34. The van der Waals surface area contributed by atoms with E-state index in [2.05, 4.69) is 20.3 Å². The number of hydrogen-bond acceptors (Lipinski definition) is 5. The summed E-state index contributed by atoms with van der Waals surface area (Å²) in [6.45, 7) is 0. The third-order valence-corrected chi connectivity index (χ3v) is 5.22. The lowest BCUT2D eigenvalue weighted by Crippen LogP contribution is -2.65. The zero-order valence-corrected chi connectivity index (χ0v) is 12.2. The number of anilines is 1. The summed E-state index contributed by atoms with van der Waals surface area (Å²) in [5, 5.41) is 5.17. The molecular formula is C13H14F2N4O2S. The van der Waals surface area contributed by atoms with Gasteiger partial charge in [-0.15, -0.1) is 0 Å². The Morgan fingerprint density at radius 2 is 2.05 bits per heavy atom. The summed E-state index contributed by atoms with van der Waals surface area (Å²) >= 11 is 0. The van der Waals surface area contributed by atoms with Crippen molar-refractivity contribution < 1.29 is 17.2 Å². The zero-order chi connectivity index (χ0) is 15.8. The van der Waals surface area contributed by atoms with Crippen molar-refractivity contribution in [2.45, 2.75) is 23.9 Å². The van der Waals surface area contributed by atoms with Gasteiger partial charge in [0.1, 0.15) is 0 Å². The van der Waals surface area contributed by atoms with Crippen molar-refractivity contribution in [1.82, 2.24) is 10.0 Å². The number of benzene rings is 1. The van der Waals surface area contributed by atoms with Gasteiger partial charge in [0.15, 0.2) is 11.6 Å². The van der Waals surface area contributed by atoms with Gasteiger partial charge < -0.3 is 10.6 Å². The summed E-state index contributed by atoms with van der Waals surface area (Å²) in [4.78, 5) is 3.91. The van der Waals surface area contributed by atoms with Gasteiger partial charge in [-0.05, 0) is 25.0 Å². The second-order valence-electron chi connectivity index (χ2n) is 5.15. The van der Waals surface area contributed by atoms with Gasteiger partial charge in [-0.1, -0.05) is 0 Å². The van der Waals surface area contributed by atoms with Crippen molar-refractivity contribution in [3.63, 3.8) is 0 Å². The van der Waals surface area contributed by atoms with Crippen LogP contribution in [0.25, 0.3) is 0 Å². The van der Waals surface area contributed by atoms with Crippen LogP contribution in [-0.2, 0) is 10.0 Å². The molecule has 1 aliphatic heterocycles. The highest BCUT2D eigenvalue weighted by Crippen LogP contribution is 2.28. The second-order valence-corrected chi connectivity index (χ2v) is 7.11. The molecule has 3 rings (SSSR count). The van der Waals surface area contributed by atoms with Crippen LogP contribution in [0.5, 0.6) is 0 Å². The monoisotopic (exact) mass is 328 g/mol. The van der Waals surface area contributed by atoms with Crippen LogP contribution in [0.4, 0.5) is 14.5 Å². The van der Waals surface area contributed by atoms with Gasteiger partial charge in [0.05, 0.1) is 11.5 Å². The summed E-state index contributed by atoms with van der Waals surface area (Å²) in [5.74, 6) is -3.45. The first kappa shape index (κ1) is 14.9. The number of sulfonamides is 1. The van der Waals surface area contributed by atoms with Gasteiger partial charge in [0.25, 0.3) is 0 Å². The molecule has 1 atom stereocenters. The molecule has 118 valence electrons. The van der Waals surface area contributed by atoms with Crippen molar-refractivity contribution in [2.75, 3.05) is 5.32 Å². The minimum absolute atomic E-state index is 0.201. The third kappa shape index (κ3) is 3.09. The van der Waals surface area contributed by atoms with Gasteiger partial charge in [0.2, 0.25) is 15.8 Å². The Hall–Kier alpha value is -2.00. The molecule has 9 heteroatoms. The first-order valence-corrected chi connectivity index (χ1v) is 8.18. The Morgan fingerprint density at radius 3 is 2.64 bits per heavy atom. The van der Waals surface area contributed by atoms with Crippen LogP contribution in [0.2, 0.25) is 0 Å². The van der Waals surface area contributed by atoms with Crippen molar-refractivity contribution in [1.29, 1.82) is 0 Å². The molecule has 0 spiro atoms. The smallest absolute Gasteiger partial charge is 0.218 e.